The summed E-state index contributed by atoms with van der Waals surface area (Å²) in [4.78, 5) is 10.9. The number of rotatable bonds is 2. The molecule has 1 fully saturated rings. The Kier molecular flexibility index (Phi) is 4.42. The molecule has 0 aliphatic carbocycles. The fourth-order valence-electron chi connectivity index (χ4n) is 2.16. The van der Waals surface area contributed by atoms with E-state index < -0.39 is 0 Å². The van der Waals surface area contributed by atoms with E-state index in [9.17, 15) is 0 Å². The summed E-state index contributed by atoms with van der Waals surface area (Å²) in [6.07, 6.45) is 8.07. The Hall–Kier alpha value is -1.03. The number of hydrogen-bond donors (Lipinski definition) is 1. The molecular formula is C12H19ClN4. The molecule has 1 saturated heterocycles. The van der Waals surface area contributed by atoms with Crippen molar-refractivity contribution >= 4 is 23.4 Å². The summed E-state index contributed by atoms with van der Waals surface area (Å²) >= 11 is 6.19. The van der Waals surface area contributed by atoms with Crippen LogP contribution in [0.2, 0.25) is 5.02 Å². The topological polar surface area (TPSA) is 41.1 Å². The summed E-state index contributed by atoms with van der Waals surface area (Å²) in [7, 11) is 1.82. The van der Waals surface area contributed by atoms with Crippen LogP contribution < -0.4 is 10.2 Å². The second-order valence-electron chi connectivity index (χ2n) is 4.37. The van der Waals surface area contributed by atoms with E-state index in [1.54, 1.807) is 6.20 Å². The lowest BCUT2D eigenvalue weighted by Crippen LogP contribution is -2.28. The van der Waals surface area contributed by atoms with Crippen molar-refractivity contribution in [2.75, 3.05) is 30.4 Å². The lowest BCUT2D eigenvalue weighted by atomic mass is 10.1. The van der Waals surface area contributed by atoms with Gasteiger partial charge < -0.3 is 10.2 Å². The number of halogens is 1. The van der Waals surface area contributed by atoms with Crippen molar-refractivity contribution < 1.29 is 0 Å². The Bertz CT molecular complexity index is 362. The van der Waals surface area contributed by atoms with Crippen LogP contribution in [0.5, 0.6) is 0 Å². The lowest BCUT2D eigenvalue weighted by Gasteiger charge is -2.26. The van der Waals surface area contributed by atoms with Gasteiger partial charge in [0, 0.05) is 20.1 Å². The molecule has 0 spiro atoms. The van der Waals surface area contributed by atoms with Gasteiger partial charge in [0.1, 0.15) is 5.02 Å². The third kappa shape index (κ3) is 3.22. The zero-order valence-electron chi connectivity index (χ0n) is 10.2. The van der Waals surface area contributed by atoms with Crippen LogP contribution in [0.3, 0.4) is 0 Å². The smallest absolute Gasteiger partial charge is 0.224 e. The largest absolute Gasteiger partial charge is 0.357 e. The molecule has 17 heavy (non-hydrogen) atoms. The van der Waals surface area contributed by atoms with Crippen LogP contribution in [0.4, 0.5) is 11.8 Å². The van der Waals surface area contributed by atoms with Crippen molar-refractivity contribution in [2.45, 2.75) is 32.1 Å². The van der Waals surface area contributed by atoms with Crippen molar-refractivity contribution in [3.8, 4) is 0 Å². The van der Waals surface area contributed by atoms with Gasteiger partial charge in [-0.15, -0.1) is 0 Å². The van der Waals surface area contributed by atoms with Crippen LogP contribution in [0.1, 0.15) is 32.1 Å². The summed E-state index contributed by atoms with van der Waals surface area (Å²) in [5.41, 5.74) is 0. The second kappa shape index (κ2) is 6.05. The van der Waals surface area contributed by atoms with Crippen LogP contribution >= 0.6 is 11.6 Å². The van der Waals surface area contributed by atoms with Gasteiger partial charge in [0.2, 0.25) is 5.95 Å². The molecule has 1 aliphatic heterocycles. The van der Waals surface area contributed by atoms with E-state index in [4.69, 9.17) is 11.6 Å². The first-order valence-electron chi connectivity index (χ1n) is 6.26. The molecule has 4 nitrogen and oxygen atoms in total. The standard InChI is InChI=1S/C12H19ClN4/c1-14-12-15-9-10(13)11(16-12)17-7-5-3-2-4-6-8-17/h9H,2-8H2,1H3,(H,14,15,16). The number of nitrogens with zero attached hydrogens (tertiary/aromatic N) is 3. The van der Waals surface area contributed by atoms with Gasteiger partial charge in [-0.05, 0) is 12.8 Å². The van der Waals surface area contributed by atoms with E-state index >= 15 is 0 Å². The van der Waals surface area contributed by atoms with Crippen molar-refractivity contribution in [1.29, 1.82) is 0 Å². The third-order valence-electron chi connectivity index (χ3n) is 3.10. The molecule has 1 aliphatic rings. The van der Waals surface area contributed by atoms with E-state index in [2.05, 4.69) is 20.2 Å². The molecular weight excluding hydrogens is 236 g/mol. The first-order chi connectivity index (χ1) is 8.31. The van der Waals surface area contributed by atoms with Crippen molar-refractivity contribution in [3.05, 3.63) is 11.2 Å². The Morgan fingerprint density at radius 2 is 1.82 bits per heavy atom. The second-order valence-corrected chi connectivity index (χ2v) is 4.78. The summed E-state index contributed by atoms with van der Waals surface area (Å²) in [5, 5.41) is 3.60. The van der Waals surface area contributed by atoms with Crippen LogP contribution in [0, 0.1) is 0 Å². The van der Waals surface area contributed by atoms with Gasteiger partial charge in [0.15, 0.2) is 5.82 Å². The lowest BCUT2D eigenvalue weighted by molar-refractivity contribution is 0.554. The van der Waals surface area contributed by atoms with Crippen LogP contribution in [-0.4, -0.2) is 30.1 Å². The fourth-order valence-corrected chi connectivity index (χ4v) is 2.37. The molecule has 2 rings (SSSR count). The molecule has 0 amide bonds. The third-order valence-corrected chi connectivity index (χ3v) is 3.37. The molecule has 0 radical (unpaired) electrons. The highest BCUT2D eigenvalue weighted by molar-refractivity contribution is 6.32. The zero-order chi connectivity index (χ0) is 12.1. The average Bonchev–Trinajstić information content (AvgIpc) is 2.30. The summed E-state index contributed by atoms with van der Waals surface area (Å²) in [6, 6.07) is 0. The zero-order valence-corrected chi connectivity index (χ0v) is 11.0. The highest BCUT2D eigenvalue weighted by Gasteiger charge is 2.14. The van der Waals surface area contributed by atoms with E-state index in [0.717, 1.165) is 18.9 Å². The Morgan fingerprint density at radius 3 is 2.47 bits per heavy atom. The minimum Gasteiger partial charge on any atom is -0.357 e. The number of aromatic nitrogens is 2. The summed E-state index contributed by atoms with van der Waals surface area (Å²) < 4.78 is 0. The molecule has 1 aromatic rings. The Balaban J connectivity index is 2.17. The Morgan fingerprint density at radius 1 is 1.18 bits per heavy atom. The van der Waals surface area contributed by atoms with Gasteiger partial charge >= 0.3 is 0 Å². The normalized spacial score (nSPS) is 17.4. The SMILES string of the molecule is CNc1ncc(Cl)c(N2CCCCCCC2)n1. The molecule has 1 N–H and O–H groups in total. The fraction of sp³-hybridized carbons (Fsp3) is 0.667. The average molecular weight is 255 g/mol. The molecule has 1 aromatic heterocycles. The molecule has 0 bridgehead atoms. The van der Waals surface area contributed by atoms with E-state index in [0.29, 0.717) is 11.0 Å². The molecule has 0 atom stereocenters. The van der Waals surface area contributed by atoms with Crippen molar-refractivity contribution in [3.63, 3.8) is 0 Å². The monoisotopic (exact) mass is 254 g/mol. The van der Waals surface area contributed by atoms with Gasteiger partial charge in [-0.1, -0.05) is 30.9 Å². The first-order valence-corrected chi connectivity index (χ1v) is 6.64. The number of anilines is 2. The van der Waals surface area contributed by atoms with Crippen LogP contribution in [-0.2, 0) is 0 Å². The predicted octanol–water partition coefficient (Wildman–Crippen LogP) is 2.94. The quantitative estimate of drug-likeness (QED) is 0.881. The highest BCUT2D eigenvalue weighted by Crippen LogP contribution is 2.25. The number of nitrogens with one attached hydrogen (secondary N) is 1. The predicted molar refractivity (Wildman–Crippen MR) is 71.9 cm³/mol. The molecule has 2 heterocycles. The maximum Gasteiger partial charge on any atom is 0.224 e. The van der Waals surface area contributed by atoms with Crippen LogP contribution in [0.25, 0.3) is 0 Å². The van der Waals surface area contributed by atoms with Crippen molar-refractivity contribution in [1.82, 2.24) is 9.97 Å². The highest BCUT2D eigenvalue weighted by atomic mass is 35.5. The molecule has 5 heteroatoms. The van der Waals surface area contributed by atoms with Gasteiger partial charge in [-0.3, -0.25) is 0 Å². The minimum absolute atomic E-state index is 0.631. The molecule has 0 saturated carbocycles. The maximum atomic E-state index is 6.19. The molecule has 94 valence electrons. The van der Waals surface area contributed by atoms with Gasteiger partial charge in [0.25, 0.3) is 0 Å². The minimum atomic E-state index is 0.631. The number of hydrogen-bond acceptors (Lipinski definition) is 4. The van der Waals surface area contributed by atoms with E-state index in [-0.39, 0.29) is 0 Å². The van der Waals surface area contributed by atoms with E-state index in [1.807, 2.05) is 7.05 Å². The van der Waals surface area contributed by atoms with Crippen LogP contribution in [0.15, 0.2) is 6.20 Å². The molecule has 0 aromatic carbocycles. The van der Waals surface area contributed by atoms with Crippen molar-refractivity contribution in [2.24, 2.45) is 0 Å². The molecule has 0 unspecified atom stereocenters. The van der Waals surface area contributed by atoms with Gasteiger partial charge in [-0.2, -0.15) is 4.98 Å². The maximum absolute atomic E-state index is 6.19. The van der Waals surface area contributed by atoms with Gasteiger partial charge in [-0.25, -0.2) is 4.98 Å². The summed E-state index contributed by atoms with van der Waals surface area (Å²) in [5.74, 6) is 1.50. The first kappa shape index (κ1) is 12.4. The van der Waals surface area contributed by atoms with Gasteiger partial charge in [0.05, 0.1) is 6.20 Å². The summed E-state index contributed by atoms with van der Waals surface area (Å²) in [6.45, 7) is 2.08. The van der Waals surface area contributed by atoms with E-state index in [1.165, 1.54) is 32.1 Å². The Labute approximate surface area is 107 Å².